The molecule has 31 heavy (non-hydrogen) atoms. The van der Waals surface area contributed by atoms with E-state index in [9.17, 15) is 14.4 Å². The predicted octanol–water partition coefficient (Wildman–Crippen LogP) is 0.553. The van der Waals surface area contributed by atoms with Gasteiger partial charge in [-0.25, -0.2) is 9.37 Å². The second-order valence-corrected chi connectivity index (χ2v) is 8.12. The molecule has 2 saturated heterocycles. The maximum Gasteiger partial charge on any atom is 0.333 e. The minimum Gasteiger partial charge on any atom is -0.459 e. The fourth-order valence-corrected chi connectivity index (χ4v) is 4.23. The highest BCUT2D eigenvalue weighted by Crippen LogP contribution is 2.20. The third kappa shape index (κ3) is 3.87. The zero-order chi connectivity index (χ0) is 22.1. The number of unbranched alkanes of at least 4 members (excludes halogenated alkanes) is 1. The Morgan fingerprint density at radius 3 is 2.58 bits per heavy atom. The molecule has 4 amide bonds. The van der Waals surface area contributed by atoms with Crippen LogP contribution in [0, 0.1) is 0 Å². The molecule has 2 fully saturated rings. The first-order chi connectivity index (χ1) is 14.9. The van der Waals surface area contributed by atoms with E-state index in [0.717, 1.165) is 18.7 Å². The number of amidine groups is 2. The summed E-state index contributed by atoms with van der Waals surface area (Å²) in [6.45, 7) is 6.00. The summed E-state index contributed by atoms with van der Waals surface area (Å²) in [5.74, 6) is 1.34. The Kier molecular flexibility index (Phi) is 5.90. The first-order valence-corrected chi connectivity index (χ1v) is 10.7. The lowest BCUT2D eigenvalue weighted by molar-refractivity contribution is -0.536. The standard InChI is InChI=1S/C21H29N6O4/c1-4-5-8-27-16(22-18-17(27)20(29)24(3)21(30)23(18)2)14-25-9-11-26(12-10-25)19(28)15-7-6-13-31-15/h6-7,13,17H,4-5,8-12,14H2,1-3H3/q+1. The first kappa shape index (κ1) is 21.2. The van der Waals surface area contributed by atoms with Crippen LogP contribution in [0.25, 0.3) is 0 Å². The Bertz CT molecular complexity index is 930. The van der Waals surface area contributed by atoms with Crippen LogP contribution in [0.3, 0.4) is 0 Å². The van der Waals surface area contributed by atoms with Crippen LogP contribution in [0.4, 0.5) is 4.79 Å². The molecule has 0 bridgehead atoms. The summed E-state index contributed by atoms with van der Waals surface area (Å²) in [5.41, 5.74) is 0. The Balaban J connectivity index is 1.48. The van der Waals surface area contributed by atoms with E-state index in [4.69, 9.17) is 9.41 Å². The van der Waals surface area contributed by atoms with Crippen molar-refractivity contribution in [2.24, 2.45) is 4.99 Å². The summed E-state index contributed by atoms with van der Waals surface area (Å²) in [5, 5.41) is 0. The molecular weight excluding hydrogens is 400 g/mol. The third-order valence-corrected chi connectivity index (χ3v) is 6.12. The van der Waals surface area contributed by atoms with Crippen molar-refractivity contribution in [2.45, 2.75) is 25.8 Å². The van der Waals surface area contributed by atoms with Gasteiger partial charge in [0.25, 0.3) is 23.7 Å². The van der Waals surface area contributed by atoms with Crippen LogP contribution in [-0.4, -0.2) is 113 Å². The Labute approximate surface area is 181 Å². The second kappa shape index (κ2) is 8.62. The van der Waals surface area contributed by atoms with Gasteiger partial charge in [-0.15, -0.1) is 0 Å². The first-order valence-electron chi connectivity index (χ1n) is 10.7. The molecule has 166 valence electrons. The molecule has 0 aromatic carbocycles. The van der Waals surface area contributed by atoms with Gasteiger partial charge >= 0.3 is 11.9 Å². The van der Waals surface area contributed by atoms with Crippen molar-refractivity contribution in [3.05, 3.63) is 24.2 Å². The summed E-state index contributed by atoms with van der Waals surface area (Å²) < 4.78 is 7.27. The highest BCUT2D eigenvalue weighted by atomic mass is 16.3. The summed E-state index contributed by atoms with van der Waals surface area (Å²) in [7, 11) is 3.18. The van der Waals surface area contributed by atoms with E-state index in [1.165, 1.54) is 23.1 Å². The number of rotatable bonds is 6. The molecule has 3 aliphatic heterocycles. The number of aliphatic imine (C=N–C) groups is 1. The van der Waals surface area contributed by atoms with Crippen LogP contribution >= 0.6 is 0 Å². The summed E-state index contributed by atoms with van der Waals surface area (Å²) in [6.07, 6.45) is 3.44. The number of carbonyl (C=O) groups is 3. The van der Waals surface area contributed by atoms with E-state index >= 15 is 0 Å². The largest absolute Gasteiger partial charge is 0.459 e. The Morgan fingerprint density at radius 2 is 1.94 bits per heavy atom. The Morgan fingerprint density at radius 1 is 1.19 bits per heavy atom. The molecule has 0 N–H and O–H groups in total. The van der Waals surface area contributed by atoms with Gasteiger partial charge in [0.15, 0.2) is 5.76 Å². The molecule has 0 aliphatic carbocycles. The predicted molar refractivity (Wildman–Crippen MR) is 113 cm³/mol. The third-order valence-electron chi connectivity index (χ3n) is 6.12. The van der Waals surface area contributed by atoms with Crippen molar-refractivity contribution in [1.29, 1.82) is 0 Å². The zero-order valence-corrected chi connectivity index (χ0v) is 18.3. The minimum absolute atomic E-state index is 0.0947. The van der Waals surface area contributed by atoms with E-state index in [-0.39, 0.29) is 17.8 Å². The molecule has 10 nitrogen and oxygen atoms in total. The highest BCUT2D eigenvalue weighted by molar-refractivity contribution is 6.23. The van der Waals surface area contributed by atoms with Gasteiger partial charge in [-0.1, -0.05) is 13.3 Å². The fraction of sp³-hybridized carbons (Fsp3) is 0.571. The minimum atomic E-state index is -0.545. The van der Waals surface area contributed by atoms with Crippen LogP contribution in [0.1, 0.15) is 30.3 Å². The lowest BCUT2D eigenvalue weighted by Crippen LogP contribution is -2.61. The summed E-state index contributed by atoms with van der Waals surface area (Å²) in [4.78, 5) is 49.1. The molecule has 1 aromatic rings. The van der Waals surface area contributed by atoms with Gasteiger partial charge in [0, 0.05) is 40.3 Å². The van der Waals surface area contributed by atoms with Crippen molar-refractivity contribution in [3.8, 4) is 0 Å². The average Bonchev–Trinajstić information content (AvgIpc) is 3.43. The van der Waals surface area contributed by atoms with Crippen LogP contribution in [0.2, 0.25) is 0 Å². The smallest absolute Gasteiger partial charge is 0.333 e. The van der Waals surface area contributed by atoms with E-state index in [0.29, 0.717) is 50.9 Å². The molecule has 1 aromatic heterocycles. The normalized spacial score (nSPS) is 22.4. The van der Waals surface area contributed by atoms with Crippen molar-refractivity contribution < 1.29 is 23.4 Å². The molecule has 10 heteroatoms. The number of hydrogen-bond donors (Lipinski definition) is 0. The van der Waals surface area contributed by atoms with E-state index < -0.39 is 6.04 Å². The van der Waals surface area contributed by atoms with Crippen LogP contribution < -0.4 is 0 Å². The number of piperazine rings is 1. The van der Waals surface area contributed by atoms with Crippen molar-refractivity contribution in [3.63, 3.8) is 0 Å². The van der Waals surface area contributed by atoms with Crippen LogP contribution in [0.15, 0.2) is 27.8 Å². The summed E-state index contributed by atoms with van der Waals surface area (Å²) in [6, 6.07) is 2.49. The molecule has 1 unspecified atom stereocenters. The van der Waals surface area contributed by atoms with Crippen LogP contribution in [0.5, 0.6) is 0 Å². The highest BCUT2D eigenvalue weighted by Gasteiger charge is 2.52. The number of urea groups is 1. The molecule has 0 radical (unpaired) electrons. The van der Waals surface area contributed by atoms with Crippen molar-refractivity contribution in [2.75, 3.05) is 53.4 Å². The summed E-state index contributed by atoms with van der Waals surface area (Å²) >= 11 is 0. The molecule has 3 aliphatic rings. The van der Waals surface area contributed by atoms with E-state index in [2.05, 4.69) is 11.8 Å². The second-order valence-electron chi connectivity index (χ2n) is 8.12. The SMILES string of the molecule is CCCC[N+]1=C(CN2CCN(C(=O)c3ccco3)CC2)N=C2C1C(=O)N(C)C(=O)N2C. The Hall–Kier alpha value is -3.01. The van der Waals surface area contributed by atoms with Gasteiger partial charge in [0.2, 0.25) is 0 Å². The van der Waals surface area contributed by atoms with E-state index in [1.807, 2.05) is 4.58 Å². The number of hydrogen-bond acceptors (Lipinski definition) is 6. The molecule has 4 rings (SSSR count). The maximum atomic E-state index is 12.9. The lowest BCUT2D eigenvalue weighted by Gasteiger charge is -2.33. The van der Waals surface area contributed by atoms with E-state index in [1.54, 1.807) is 24.1 Å². The number of amides is 4. The topological polar surface area (TPSA) is 92.7 Å². The number of carbonyl (C=O) groups excluding carboxylic acids is 3. The number of likely N-dealkylation sites (N-methyl/N-ethyl adjacent to an activating group) is 2. The molecule has 4 heterocycles. The quantitative estimate of drug-likeness (QED) is 0.616. The number of furan rings is 1. The van der Waals surface area contributed by atoms with Gasteiger partial charge in [-0.05, 0) is 23.5 Å². The average molecular weight is 430 g/mol. The number of imide groups is 1. The van der Waals surface area contributed by atoms with Crippen LogP contribution in [-0.2, 0) is 4.79 Å². The van der Waals surface area contributed by atoms with Gasteiger partial charge < -0.3 is 9.32 Å². The van der Waals surface area contributed by atoms with Gasteiger partial charge in [-0.3, -0.25) is 24.3 Å². The fourth-order valence-electron chi connectivity index (χ4n) is 4.23. The lowest BCUT2D eigenvalue weighted by atomic mass is 10.1. The van der Waals surface area contributed by atoms with Gasteiger partial charge in [-0.2, -0.15) is 0 Å². The van der Waals surface area contributed by atoms with Gasteiger partial charge in [0.1, 0.15) is 6.54 Å². The van der Waals surface area contributed by atoms with Crippen molar-refractivity contribution >= 4 is 29.5 Å². The molecule has 0 spiro atoms. The maximum absolute atomic E-state index is 12.9. The van der Waals surface area contributed by atoms with Crippen molar-refractivity contribution in [1.82, 2.24) is 19.6 Å². The number of nitrogens with zero attached hydrogens (tertiary/aromatic N) is 6. The monoisotopic (exact) mass is 429 g/mol. The molecular formula is C21H29N6O4+. The zero-order valence-electron chi connectivity index (χ0n) is 18.3. The molecule has 1 atom stereocenters. The molecule has 0 saturated carbocycles. The number of fused-ring (bicyclic) bond motifs is 1. The van der Waals surface area contributed by atoms with Gasteiger partial charge in [0.05, 0.1) is 12.8 Å².